The summed E-state index contributed by atoms with van der Waals surface area (Å²) in [7, 11) is 0. The molecule has 2 aliphatic heterocycles. The van der Waals surface area contributed by atoms with Gasteiger partial charge in [-0.1, -0.05) is 12.1 Å². The molecule has 1 aromatic carbocycles. The minimum Gasteiger partial charge on any atom is -0.361 e. The first-order chi connectivity index (χ1) is 12.9. The Morgan fingerprint density at radius 1 is 1.22 bits per heavy atom. The molecule has 1 aromatic heterocycles. The van der Waals surface area contributed by atoms with E-state index in [9.17, 15) is 9.18 Å². The average Bonchev–Trinajstić information content (AvgIpc) is 2.91. The molecule has 2 aromatic rings. The highest BCUT2D eigenvalue weighted by atomic mass is 19.1. The first-order valence-corrected chi connectivity index (χ1v) is 9.65. The zero-order valence-corrected chi connectivity index (χ0v) is 16.2. The summed E-state index contributed by atoms with van der Waals surface area (Å²) in [4.78, 5) is 21.8. The molecular formula is C22H26FN3O. The molecule has 2 aliphatic rings. The fourth-order valence-corrected chi connectivity index (χ4v) is 4.80. The highest BCUT2D eigenvalue weighted by molar-refractivity contribution is 5.92. The maximum atomic E-state index is 13.9. The lowest BCUT2D eigenvalue weighted by Gasteiger charge is -2.42. The molecular weight excluding hydrogens is 341 g/mol. The van der Waals surface area contributed by atoms with E-state index < -0.39 is 0 Å². The molecule has 5 heteroatoms. The van der Waals surface area contributed by atoms with Crippen LogP contribution in [0.5, 0.6) is 0 Å². The van der Waals surface area contributed by atoms with Crippen molar-refractivity contribution in [3.05, 3.63) is 59.7 Å². The molecule has 2 saturated heterocycles. The number of fused-ring (bicyclic) bond motifs is 1. The second-order valence-corrected chi connectivity index (χ2v) is 8.36. The summed E-state index contributed by atoms with van der Waals surface area (Å²) in [6.45, 7) is 7.09. The summed E-state index contributed by atoms with van der Waals surface area (Å²) < 4.78 is 13.9. The molecule has 0 N–H and O–H groups in total. The summed E-state index contributed by atoms with van der Waals surface area (Å²) in [5, 5.41) is 0. The number of pyridine rings is 1. The Balaban J connectivity index is 1.66. The minimum atomic E-state index is -0.223. The highest BCUT2D eigenvalue weighted by Crippen LogP contribution is 2.44. The number of hydrogen-bond acceptors (Lipinski definition) is 3. The van der Waals surface area contributed by atoms with Crippen LogP contribution in [0.2, 0.25) is 0 Å². The molecule has 2 atom stereocenters. The van der Waals surface area contributed by atoms with Gasteiger partial charge < -0.3 is 9.80 Å². The van der Waals surface area contributed by atoms with Crippen LogP contribution in [0.25, 0.3) is 0 Å². The van der Waals surface area contributed by atoms with Crippen molar-refractivity contribution < 1.29 is 9.18 Å². The Labute approximate surface area is 160 Å². The molecule has 0 saturated carbocycles. The van der Waals surface area contributed by atoms with Gasteiger partial charge in [0.05, 0.1) is 12.1 Å². The number of amides is 1. The zero-order chi connectivity index (χ0) is 19.2. The molecule has 0 unspecified atom stereocenters. The number of aromatic nitrogens is 1. The van der Waals surface area contributed by atoms with Crippen LogP contribution < -0.4 is 4.90 Å². The van der Waals surface area contributed by atoms with Crippen LogP contribution in [-0.4, -0.2) is 40.0 Å². The Morgan fingerprint density at radius 2 is 2.04 bits per heavy atom. The van der Waals surface area contributed by atoms with E-state index in [1.807, 2.05) is 30.0 Å². The van der Waals surface area contributed by atoms with Gasteiger partial charge in [0.1, 0.15) is 11.5 Å². The number of benzene rings is 1. The Hall–Kier alpha value is -2.43. The Kier molecular flexibility index (Phi) is 4.41. The van der Waals surface area contributed by atoms with Crippen molar-refractivity contribution in [3.8, 4) is 0 Å². The number of anilines is 1. The van der Waals surface area contributed by atoms with E-state index in [1.54, 1.807) is 18.3 Å². The molecule has 0 bridgehead atoms. The molecule has 0 aliphatic carbocycles. The zero-order valence-electron chi connectivity index (χ0n) is 16.2. The maximum Gasteiger partial charge on any atom is 0.272 e. The standard InChI is InChI=1S/C22H26FN3O/c1-15-9-10-18(24-14-15)21(27)25-11-5-8-19-20(25)13-22(2,3)26(19)17-7-4-6-16(23)12-17/h4,6-7,9-10,12,14,19-20H,5,8,11,13H2,1-3H3/t19-,20-/m0/s1. The predicted molar refractivity (Wildman–Crippen MR) is 104 cm³/mol. The first kappa shape index (κ1) is 18.0. The molecule has 142 valence electrons. The van der Waals surface area contributed by atoms with Crippen LogP contribution in [0.3, 0.4) is 0 Å². The van der Waals surface area contributed by atoms with E-state index in [1.165, 1.54) is 6.07 Å². The van der Waals surface area contributed by atoms with Crippen molar-refractivity contribution in [1.82, 2.24) is 9.88 Å². The number of rotatable bonds is 2. The van der Waals surface area contributed by atoms with Crippen LogP contribution in [0.1, 0.15) is 49.2 Å². The van der Waals surface area contributed by atoms with Crippen LogP contribution in [0.15, 0.2) is 42.6 Å². The maximum absolute atomic E-state index is 13.9. The smallest absolute Gasteiger partial charge is 0.272 e. The quantitative estimate of drug-likeness (QED) is 0.798. The number of likely N-dealkylation sites (tertiary alicyclic amines) is 1. The number of halogens is 1. The average molecular weight is 367 g/mol. The predicted octanol–water partition coefficient (Wildman–Crippen LogP) is 4.19. The monoisotopic (exact) mass is 367 g/mol. The molecule has 27 heavy (non-hydrogen) atoms. The van der Waals surface area contributed by atoms with Crippen molar-refractivity contribution >= 4 is 11.6 Å². The summed E-state index contributed by atoms with van der Waals surface area (Å²) in [5.74, 6) is -0.221. The fraction of sp³-hybridized carbons (Fsp3) is 0.455. The van der Waals surface area contributed by atoms with Crippen LogP contribution in [0, 0.1) is 12.7 Å². The van der Waals surface area contributed by atoms with Gasteiger partial charge in [0.15, 0.2) is 0 Å². The van der Waals surface area contributed by atoms with Crippen molar-refractivity contribution in [2.24, 2.45) is 0 Å². The highest BCUT2D eigenvalue weighted by Gasteiger charge is 2.50. The van der Waals surface area contributed by atoms with E-state index in [2.05, 4.69) is 23.7 Å². The second kappa shape index (κ2) is 6.63. The van der Waals surface area contributed by atoms with Crippen LogP contribution >= 0.6 is 0 Å². The first-order valence-electron chi connectivity index (χ1n) is 9.65. The number of carbonyl (C=O) groups excluding carboxylic acids is 1. The van der Waals surface area contributed by atoms with E-state index in [0.717, 1.165) is 37.1 Å². The van der Waals surface area contributed by atoms with Crippen molar-refractivity contribution in [1.29, 1.82) is 0 Å². The number of piperidine rings is 1. The summed E-state index contributed by atoms with van der Waals surface area (Å²) in [5.41, 5.74) is 2.30. The van der Waals surface area contributed by atoms with Crippen LogP contribution in [0.4, 0.5) is 10.1 Å². The SMILES string of the molecule is Cc1ccc(C(=O)N2CCC[C@H]3[C@@H]2CC(C)(C)N3c2cccc(F)c2)nc1. The van der Waals surface area contributed by atoms with Gasteiger partial charge in [-0.25, -0.2) is 4.39 Å². The summed E-state index contributed by atoms with van der Waals surface area (Å²) in [6.07, 6.45) is 4.56. The largest absolute Gasteiger partial charge is 0.361 e. The lowest BCUT2D eigenvalue weighted by atomic mass is 9.93. The fourth-order valence-electron chi connectivity index (χ4n) is 4.80. The van der Waals surface area contributed by atoms with Gasteiger partial charge in [0.2, 0.25) is 0 Å². The molecule has 3 heterocycles. The third-order valence-corrected chi connectivity index (χ3v) is 5.91. The van der Waals surface area contributed by atoms with Gasteiger partial charge in [-0.2, -0.15) is 0 Å². The Bertz CT molecular complexity index is 849. The van der Waals surface area contributed by atoms with Gasteiger partial charge in [-0.3, -0.25) is 9.78 Å². The molecule has 2 fully saturated rings. The number of nitrogens with zero attached hydrogens (tertiary/aromatic N) is 3. The third-order valence-electron chi connectivity index (χ3n) is 5.91. The molecule has 0 spiro atoms. The van der Waals surface area contributed by atoms with Crippen molar-refractivity contribution in [3.63, 3.8) is 0 Å². The third kappa shape index (κ3) is 3.20. The summed E-state index contributed by atoms with van der Waals surface area (Å²) >= 11 is 0. The van der Waals surface area contributed by atoms with Crippen molar-refractivity contribution in [2.45, 2.75) is 57.7 Å². The van der Waals surface area contributed by atoms with E-state index in [-0.39, 0.29) is 29.3 Å². The number of carbonyl (C=O) groups is 1. The van der Waals surface area contributed by atoms with E-state index in [0.29, 0.717) is 5.69 Å². The Morgan fingerprint density at radius 3 is 2.74 bits per heavy atom. The minimum absolute atomic E-state index is 0.00147. The van der Waals surface area contributed by atoms with Gasteiger partial charge in [0.25, 0.3) is 5.91 Å². The molecule has 1 amide bonds. The molecule has 0 radical (unpaired) electrons. The van der Waals surface area contributed by atoms with E-state index >= 15 is 0 Å². The van der Waals surface area contributed by atoms with Gasteiger partial charge in [-0.05, 0) is 69.9 Å². The summed E-state index contributed by atoms with van der Waals surface area (Å²) in [6, 6.07) is 10.9. The van der Waals surface area contributed by atoms with Gasteiger partial charge >= 0.3 is 0 Å². The topological polar surface area (TPSA) is 36.4 Å². The normalized spacial score (nSPS) is 24.0. The molecule has 4 nitrogen and oxygen atoms in total. The van der Waals surface area contributed by atoms with Gasteiger partial charge in [-0.15, -0.1) is 0 Å². The number of hydrogen-bond donors (Lipinski definition) is 0. The van der Waals surface area contributed by atoms with Crippen molar-refractivity contribution in [2.75, 3.05) is 11.4 Å². The lowest BCUT2D eigenvalue weighted by molar-refractivity contribution is 0.0599. The lowest BCUT2D eigenvalue weighted by Crippen LogP contribution is -2.53. The van der Waals surface area contributed by atoms with Crippen LogP contribution in [-0.2, 0) is 0 Å². The van der Waals surface area contributed by atoms with E-state index in [4.69, 9.17) is 0 Å². The van der Waals surface area contributed by atoms with Gasteiger partial charge in [0, 0.05) is 24.0 Å². The second-order valence-electron chi connectivity index (χ2n) is 8.36. The number of aryl methyl sites for hydroxylation is 1. The molecule has 4 rings (SSSR count).